The zero-order valence-electron chi connectivity index (χ0n) is 12.2. The van der Waals surface area contributed by atoms with E-state index in [1.165, 1.54) is 4.88 Å². The molecule has 6 heteroatoms. The van der Waals surface area contributed by atoms with Crippen molar-refractivity contribution in [1.82, 2.24) is 9.97 Å². The van der Waals surface area contributed by atoms with Gasteiger partial charge in [-0.2, -0.15) is 4.98 Å². The maximum absolute atomic E-state index is 5.76. The van der Waals surface area contributed by atoms with Crippen LogP contribution in [0, 0.1) is 0 Å². The first-order valence-electron chi connectivity index (χ1n) is 7.03. The Bertz CT molecular complexity index is 557. The summed E-state index contributed by atoms with van der Waals surface area (Å²) in [6, 6.07) is 2.12. The van der Waals surface area contributed by atoms with E-state index in [0.29, 0.717) is 31.6 Å². The molecule has 20 heavy (non-hydrogen) atoms. The Kier molecular flexibility index (Phi) is 5.55. The number of aromatic nitrogens is 2. The predicted octanol–water partition coefficient (Wildman–Crippen LogP) is 3.10. The largest absolute Gasteiger partial charge is 0.475 e. The maximum Gasteiger partial charge on any atom is 0.227 e. The van der Waals surface area contributed by atoms with E-state index in [0.717, 1.165) is 23.2 Å². The molecule has 2 aromatic heterocycles. The Morgan fingerprint density at radius 1 is 1.20 bits per heavy atom. The minimum absolute atomic E-state index is 0.503. The Morgan fingerprint density at radius 2 is 2.05 bits per heavy atom. The zero-order chi connectivity index (χ0) is 14.4. The first-order chi connectivity index (χ1) is 9.78. The van der Waals surface area contributed by atoms with Gasteiger partial charge in [-0.15, -0.1) is 11.3 Å². The number of fused-ring (bicyclic) bond motifs is 1. The third-order valence-electron chi connectivity index (χ3n) is 2.76. The van der Waals surface area contributed by atoms with Crippen LogP contribution in [0.15, 0.2) is 6.07 Å². The predicted molar refractivity (Wildman–Crippen MR) is 82.9 cm³/mol. The van der Waals surface area contributed by atoms with Gasteiger partial charge < -0.3 is 14.8 Å². The van der Waals surface area contributed by atoms with Gasteiger partial charge in [-0.25, -0.2) is 4.98 Å². The topological polar surface area (TPSA) is 56.3 Å². The highest BCUT2D eigenvalue weighted by Gasteiger charge is 2.12. The molecule has 0 aromatic carbocycles. The number of hydrogen-bond donors (Lipinski definition) is 1. The fourth-order valence-electron chi connectivity index (χ4n) is 1.81. The van der Waals surface area contributed by atoms with E-state index in [1.54, 1.807) is 11.3 Å². The molecule has 2 rings (SSSR count). The van der Waals surface area contributed by atoms with Crippen LogP contribution in [0.2, 0.25) is 0 Å². The molecule has 0 amide bonds. The number of thiophene rings is 1. The molecular formula is C14H21N3O2S. The van der Waals surface area contributed by atoms with Crippen molar-refractivity contribution in [2.75, 3.05) is 31.7 Å². The Labute approximate surface area is 123 Å². The molecule has 2 heterocycles. The number of anilines is 1. The molecule has 5 nitrogen and oxygen atoms in total. The highest BCUT2D eigenvalue weighted by atomic mass is 32.1. The molecule has 0 saturated heterocycles. The SMILES string of the molecule is CCNc1nc(OCCOCC)c2cc(CC)sc2n1. The van der Waals surface area contributed by atoms with Gasteiger partial charge in [0.15, 0.2) is 0 Å². The molecule has 0 saturated carbocycles. The van der Waals surface area contributed by atoms with Crippen LogP contribution >= 0.6 is 11.3 Å². The van der Waals surface area contributed by atoms with Crippen LogP contribution in [0.25, 0.3) is 10.2 Å². The zero-order valence-corrected chi connectivity index (χ0v) is 13.0. The van der Waals surface area contributed by atoms with E-state index in [4.69, 9.17) is 9.47 Å². The van der Waals surface area contributed by atoms with Crippen LogP contribution in [0.1, 0.15) is 25.6 Å². The quantitative estimate of drug-likeness (QED) is 0.758. The van der Waals surface area contributed by atoms with Gasteiger partial charge in [0.2, 0.25) is 11.8 Å². The third-order valence-corrected chi connectivity index (χ3v) is 3.94. The molecule has 2 aromatic rings. The van der Waals surface area contributed by atoms with Crippen molar-refractivity contribution in [1.29, 1.82) is 0 Å². The van der Waals surface area contributed by atoms with Gasteiger partial charge in [0.1, 0.15) is 11.4 Å². The van der Waals surface area contributed by atoms with Crippen molar-refractivity contribution in [2.24, 2.45) is 0 Å². The first-order valence-corrected chi connectivity index (χ1v) is 7.85. The normalized spacial score (nSPS) is 10.9. The van der Waals surface area contributed by atoms with Crippen LogP contribution < -0.4 is 10.1 Å². The lowest BCUT2D eigenvalue weighted by Crippen LogP contribution is -2.09. The van der Waals surface area contributed by atoms with Crippen molar-refractivity contribution >= 4 is 27.5 Å². The summed E-state index contributed by atoms with van der Waals surface area (Å²) < 4.78 is 11.0. The molecule has 0 radical (unpaired) electrons. The van der Waals surface area contributed by atoms with E-state index >= 15 is 0 Å². The summed E-state index contributed by atoms with van der Waals surface area (Å²) >= 11 is 1.69. The average Bonchev–Trinajstić information content (AvgIpc) is 2.87. The molecule has 0 aliphatic carbocycles. The molecule has 0 aliphatic rings. The van der Waals surface area contributed by atoms with Gasteiger partial charge in [0.25, 0.3) is 0 Å². The van der Waals surface area contributed by atoms with E-state index in [1.807, 2.05) is 13.8 Å². The van der Waals surface area contributed by atoms with Crippen LogP contribution in [0.3, 0.4) is 0 Å². The van der Waals surface area contributed by atoms with Gasteiger partial charge in [0, 0.05) is 18.0 Å². The van der Waals surface area contributed by atoms with E-state index < -0.39 is 0 Å². The number of aryl methyl sites for hydroxylation is 1. The molecule has 0 atom stereocenters. The van der Waals surface area contributed by atoms with Crippen LogP contribution in [-0.2, 0) is 11.2 Å². The molecule has 0 aliphatic heterocycles. The van der Waals surface area contributed by atoms with Crippen LogP contribution in [-0.4, -0.2) is 36.3 Å². The second kappa shape index (κ2) is 7.40. The summed E-state index contributed by atoms with van der Waals surface area (Å²) in [6.07, 6.45) is 0.996. The summed E-state index contributed by atoms with van der Waals surface area (Å²) in [5.41, 5.74) is 0. The Balaban J connectivity index is 2.25. The second-order valence-corrected chi connectivity index (χ2v) is 5.33. The Hall–Kier alpha value is -1.40. The second-order valence-electron chi connectivity index (χ2n) is 4.21. The van der Waals surface area contributed by atoms with Crippen molar-refractivity contribution in [3.05, 3.63) is 10.9 Å². The van der Waals surface area contributed by atoms with Crippen molar-refractivity contribution in [3.8, 4) is 5.88 Å². The molecule has 0 unspecified atom stereocenters. The number of rotatable bonds is 8. The van der Waals surface area contributed by atoms with Gasteiger partial charge in [-0.05, 0) is 26.3 Å². The number of hydrogen-bond acceptors (Lipinski definition) is 6. The average molecular weight is 295 g/mol. The van der Waals surface area contributed by atoms with Crippen LogP contribution in [0.4, 0.5) is 5.95 Å². The lowest BCUT2D eigenvalue weighted by Gasteiger charge is -2.08. The fraction of sp³-hybridized carbons (Fsp3) is 0.571. The van der Waals surface area contributed by atoms with Gasteiger partial charge in [-0.3, -0.25) is 0 Å². The third kappa shape index (κ3) is 3.58. The van der Waals surface area contributed by atoms with Gasteiger partial charge in [0.05, 0.1) is 12.0 Å². The lowest BCUT2D eigenvalue weighted by molar-refractivity contribution is 0.109. The highest BCUT2D eigenvalue weighted by Crippen LogP contribution is 2.31. The molecule has 110 valence electrons. The monoisotopic (exact) mass is 295 g/mol. The van der Waals surface area contributed by atoms with Crippen molar-refractivity contribution < 1.29 is 9.47 Å². The molecule has 0 fully saturated rings. The van der Waals surface area contributed by atoms with Crippen LogP contribution in [0.5, 0.6) is 5.88 Å². The minimum atomic E-state index is 0.503. The van der Waals surface area contributed by atoms with E-state index in [9.17, 15) is 0 Å². The number of nitrogens with one attached hydrogen (secondary N) is 1. The maximum atomic E-state index is 5.76. The lowest BCUT2D eigenvalue weighted by atomic mass is 10.3. The van der Waals surface area contributed by atoms with Gasteiger partial charge in [-0.1, -0.05) is 6.92 Å². The summed E-state index contributed by atoms with van der Waals surface area (Å²) in [6.45, 7) is 8.69. The highest BCUT2D eigenvalue weighted by molar-refractivity contribution is 7.18. The summed E-state index contributed by atoms with van der Waals surface area (Å²) in [5.74, 6) is 1.26. The summed E-state index contributed by atoms with van der Waals surface area (Å²) in [4.78, 5) is 11.2. The first kappa shape index (κ1) is 15.0. The standard InChI is InChI=1S/C14H21N3O2S/c1-4-10-9-11-12(19-8-7-18-6-3)16-14(15-5-2)17-13(11)20-10/h9H,4-8H2,1-3H3,(H,15,16,17). The molecule has 0 bridgehead atoms. The number of nitrogens with zero attached hydrogens (tertiary/aromatic N) is 2. The van der Waals surface area contributed by atoms with E-state index in [2.05, 4.69) is 28.3 Å². The molecular weight excluding hydrogens is 274 g/mol. The minimum Gasteiger partial charge on any atom is -0.475 e. The smallest absolute Gasteiger partial charge is 0.227 e. The number of ether oxygens (including phenoxy) is 2. The molecule has 1 N–H and O–H groups in total. The summed E-state index contributed by atoms with van der Waals surface area (Å²) in [7, 11) is 0. The van der Waals surface area contributed by atoms with Crippen molar-refractivity contribution in [2.45, 2.75) is 27.2 Å². The fourth-order valence-corrected chi connectivity index (χ4v) is 2.77. The molecule has 0 spiro atoms. The summed E-state index contributed by atoms with van der Waals surface area (Å²) in [5, 5.41) is 4.13. The van der Waals surface area contributed by atoms with E-state index in [-0.39, 0.29) is 0 Å². The van der Waals surface area contributed by atoms with Gasteiger partial charge >= 0.3 is 0 Å². The Morgan fingerprint density at radius 3 is 2.75 bits per heavy atom. The van der Waals surface area contributed by atoms with Crippen molar-refractivity contribution in [3.63, 3.8) is 0 Å².